The van der Waals surface area contributed by atoms with Gasteiger partial charge in [-0.3, -0.25) is 4.79 Å². The second-order valence-electron chi connectivity index (χ2n) is 7.09. The van der Waals surface area contributed by atoms with Gasteiger partial charge in [0.2, 0.25) is 0 Å². The van der Waals surface area contributed by atoms with Gasteiger partial charge in [-0.05, 0) is 51.9 Å². The van der Waals surface area contributed by atoms with Crippen molar-refractivity contribution >= 4 is 12.1 Å². The van der Waals surface area contributed by atoms with Crippen LogP contribution in [-0.4, -0.2) is 34.4 Å². The van der Waals surface area contributed by atoms with Crippen LogP contribution in [0.1, 0.15) is 46.5 Å². The molecule has 3 rings (SSSR count). The van der Waals surface area contributed by atoms with Gasteiger partial charge in [0, 0.05) is 5.54 Å². The summed E-state index contributed by atoms with van der Waals surface area (Å²) in [4.78, 5) is 22.4. The number of amides is 1. The highest BCUT2D eigenvalue weighted by atomic mass is 16.6. The number of carboxylic acid groups (broad SMARTS) is 1. The van der Waals surface area contributed by atoms with Crippen molar-refractivity contribution < 1.29 is 19.4 Å². The van der Waals surface area contributed by atoms with Gasteiger partial charge < -0.3 is 20.9 Å². The largest absolute Gasteiger partial charge is 0.480 e. The lowest BCUT2D eigenvalue weighted by Gasteiger charge is -2.71. The molecule has 108 valence electrons. The van der Waals surface area contributed by atoms with E-state index in [-0.39, 0.29) is 11.0 Å². The predicted octanol–water partition coefficient (Wildman–Crippen LogP) is 1.24. The second kappa shape index (κ2) is 4.10. The molecule has 0 aliphatic heterocycles. The summed E-state index contributed by atoms with van der Waals surface area (Å²) in [6, 6.07) is -0.806. The van der Waals surface area contributed by atoms with Crippen LogP contribution in [-0.2, 0) is 9.53 Å². The molecule has 0 spiro atoms. The topological polar surface area (TPSA) is 102 Å². The summed E-state index contributed by atoms with van der Waals surface area (Å²) >= 11 is 0. The van der Waals surface area contributed by atoms with Crippen molar-refractivity contribution in [2.24, 2.45) is 11.1 Å². The number of nitrogens with two attached hydrogens (primary N) is 1. The van der Waals surface area contributed by atoms with Gasteiger partial charge >= 0.3 is 12.1 Å². The molecule has 0 aromatic carbocycles. The van der Waals surface area contributed by atoms with E-state index in [1.54, 1.807) is 0 Å². The third-order valence-corrected chi connectivity index (χ3v) is 3.88. The highest BCUT2D eigenvalue weighted by Crippen LogP contribution is 2.69. The fourth-order valence-corrected chi connectivity index (χ4v) is 3.42. The molecule has 0 radical (unpaired) electrons. The fourth-order valence-electron chi connectivity index (χ4n) is 3.42. The Morgan fingerprint density at radius 2 is 1.89 bits per heavy atom. The van der Waals surface area contributed by atoms with Crippen LogP contribution in [0.3, 0.4) is 0 Å². The first-order chi connectivity index (χ1) is 8.55. The number of hydrogen-bond acceptors (Lipinski definition) is 4. The maximum Gasteiger partial charge on any atom is 0.408 e. The molecule has 0 saturated heterocycles. The molecule has 3 aliphatic carbocycles. The monoisotopic (exact) mass is 270 g/mol. The second-order valence-corrected chi connectivity index (χ2v) is 7.09. The number of alkyl carbamates (subject to hydrolysis) is 1. The zero-order chi connectivity index (χ0) is 14.5. The molecule has 6 nitrogen and oxygen atoms in total. The molecule has 19 heavy (non-hydrogen) atoms. The van der Waals surface area contributed by atoms with Gasteiger partial charge in [0.15, 0.2) is 0 Å². The van der Waals surface area contributed by atoms with E-state index in [0.717, 1.165) is 19.3 Å². The van der Waals surface area contributed by atoms with Gasteiger partial charge in [0.05, 0.1) is 0 Å². The molecule has 0 aromatic rings. The Labute approximate surface area is 112 Å². The summed E-state index contributed by atoms with van der Waals surface area (Å²) in [5.41, 5.74) is 4.89. The van der Waals surface area contributed by atoms with Crippen LogP contribution >= 0.6 is 0 Å². The van der Waals surface area contributed by atoms with Crippen LogP contribution in [0.15, 0.2) is 0 Å². The van der Waals surface area contributed by atoms with Crippen molar-refractivity contribution in [3.8, 4) is 0 Å². The molecule has 2 bridgehead atoms. The third-order valence-electron chi connectivity index (χ3n) is 3.88. The van der Waals surface area contributed by atoms with E-state index in [4.69, 9.17) is 15.6 Å². The van der Waals surface area contributed by atoms with E-state index < -0.39 is 23.7 Å². The molecule has 1 atom stereocenters. The van der Waals surface area contributed by atoms with Crippen LogP contribution < -0.4 is 11.1 Å². The summed E-state index contributed by atoms with van der Waals surface area (Å²) in [5, 5.41) is 11.7. The van der Waals surface area contributed by atoms with Crippen molar-refractivity contribution in [1.29, 1.82) is 0 Å². The van der Waals surface area contributed by atoms with Crippen molar-refractivity contribution in [2.45, 2.75) is 63.6 Å². The van der Waals surface area contributed by atoms with Gasteiger partial charge in [0.25, 0.3) is 0 Å². The average molecular weight is 270 g/mol. The molecule has 0 aromatic heterocycles. The number of nitrogens with one attached hydrogen (secondary N) is 1. The zero-order valence-electron chi connectivity index (χ0n) is 11.7. The highest BCUT2D eigenvalue weighted by Gasteiger charge is 2.68. The lowest BCUT2D eigenvalue weighted by molar-refractivity contribution is -0.166. The lowest BCUT2D eigenvalue weighted by Crippen LogP contribution is -2.75. The van der Waals surface area contributed by atoms with Crippen molar-refractivity contribution in [1.82, 2.24) is 5.32 Å². The molecular formula is C13H22N2O4. The maximum atomic E-state index is 11.7. The lowest BCUT2D eigenvalue weighted by atomic mass is 9.38. The average Bonchev–Trinajstić information content (AvgIpc) is 2.08. The Kier molecular flexibility index (Phi) is 3.04. The Balaban J connectivity index is 1.77. The van der Waals surface area contributed by atoms with Crippen LogP contribution in [0.4, 0.5) is 4.79 Å². The Morgan fingerprint density at radius 1 is 1.37 bits per heavy atom. The van der Waals surface area contributed by atoms with Crippen LogP contribution in [0, 0.1) is 5.41 Å². The fraction of sp³-hybridized carbons (Fsp3) is 0.846. The summed E-state index contributed by atoms with van der Waals surface area (Å²) in [6.45, 7) is 5.46. The van der Waals surface area contributed by atoms with E-state index in [1.165, 1.54) is 0 Å². The first kappa shape index (κ1) is 14.1. The molecule has 3 saturated carbocycles. The smallest absolute Gasteiger partial charge is 0.408 e. The number of rotatable bonds is 4. The molecule has 6 heteroatoms. The van der Waals surface area contributed by atoms with Gasteiger partial charge in [-0.1, -0.05) is 0 Å². The van der Waals surface area contributed by atoms with Gasteiger partial charge in [-0.15, -0.1) is 0 Å². The van der Waals surface area contributed by atoms with E-state index in [1.807, 2.05) is 20.8 Å². The summed E-state index contributed by atoms with van der Waals surface area (Å²) in [5.74, 6) is -0.959. The molecule has 0 heterocycles. The summed E-state index contributed by atoms with van der Waals surface area (Å²) in [6.07, 6.45) is 2.50. The number of carboxylic acids is 1. The van der Waals surface area contributed by atoms with E-state index >= 15 is 0 Å². The predicted molar refractivity (Wildman–Crippen MR) is 68.6 cm³/mol. The Morgan fingerprint density at radius 3 is 2.32 bits per heavy atom. The number of hydrogen-bond donors (Lipinski definition) is 3. The minimum Gasteiger partial charge on any atom is -0.480 e. The van der Waals surface area contributed by atoms with Crippen molar-refractivity contribution in [3.63, 3.8) is 0 Å². The molecule has 4 N–H and O–H groups in total. The van der Waals surface area contributed by atoms with Crippen molar-refractivity contribution in [3.05, 3.63) is 0 Å². The number of carbonyl (C=O) groups excluding carboxylic acids is 1. The van der Waals surface area contributed by atoms with E-state index in [2.05, 4.69) is 5.32 Å². The van der Waals surface area contributed by atoms with Gasteiger partial charge in [0.1, 0.15) is 11.6 Å². The number of aliphatic carboxylic acids is 1. The Bertz CT molecular complexity index is 394. The summed E-state index contributed by atoms with van der Waals surface area (Å²) in [7, 11) is 0. The van der Waals surface area contributed by atoms with E-state index in [9.17, 15) is 9.59 Å². The highest BCUT2D eigenvalue weighted by molar-refractivity contribution is 5.73. The summed E-state index contributed by atoms with van der Waals surface area (Å²) < 4.78 is 5.22. The number of ether oxygens (including phenoxy) is 1. The van der Waals surface area contributed by atoms with Crippen LogP contribution in [0.2, 0.25) is 0 Å². The molecular weight excluding hydrogens is 248 g/mol. The minimum absolute atomic E-state index is 0.0207. The first-order valence-corrected chi connectivity index (χ1v) is 6.55. The third kappa shape index (κ3) is 2.83. The van der Waals surface area contributed by atoms with Gasteiger partial charge in [-0.25, -0.2) is 4.79 Å². The maximum absolute atomic E-state index is 11.7. The molecule has 3 fully saturated rings. The quantitative estimate of drug-likeness (QED) is 0.713. The standard InChI is InChI=1S/C13H22N2O4/c1-11(2,3)19-10(18)15-13-5-12(6-13,7-13)4-8(14)9(16)17/h8H,4-7,14H2,1-3H3,(H,15,18)(H,16,17)/t8-,12?,13?/m1/s1. The Hall–Kier alpha value is -1.30. The number of carbonyl (C=O) groups is 2. The van der Waals surface area contributed by atoms with Crippen LogP contribution in [0.5, 0.6) is 0 Å². The first-order valence-electron chi connectivity index (χ1n) is 6.55. The molecule has 3 aliphatic rings. The minimum atomic E-state index is -0.959. The zero-order valence-corrected chi connectivity index (χ0v) is 11.7. The molecule has 1 amide bonds. The van der Waals surface area contributed by atoms with Crippen molar-refractivity contribution in [2.75, 3.05) is 0 Å². The normalized spacial score (nSPS) is 33.7. The van der Waals surface area contributed by atoms with Crippen LogP contribution in [0.25, 0.3) is 0 Å². The molecule has 0 unspecified atom stereocenters. The SMILES string of the molecule is CC(C)(C)OC(=O)NC12CC(C[C@@H](N)C(=O)O)(C1)C2. The van der Waals surface area contributed by atoms with Gasteiger partial charge in [-0.2, -0.15) is 0 Å². The van der Waals surface area contributed by atoms with E-state index in [0.29, 0.717) is 6.42 Å².